The van der Waals surface area contributed by atoms with Gasteiger partial charge in [0.2, 0.25) is 5.91 Å². The van der Waals surface area contributed by atoms with Crippen molar-refractivity contribution >= 4 is 34.3 Å². The summed E-state index contributed by atoms with van der Waals surface area (Å²) in [5.41, 5.74) is 1.42. The number of phenols is 1. The molecule has 2 heterocycles. The van der Waals surface area contributed by atoms with Gasteiger partial charge in [0.1, 0.15) is 10.8 Å². The minimum absolute atomic E-state index is 0.153. The van der Waals surface area contributed by atoms with E-state index in [4.69, 9.17) is 4.42 Å². The predicted molar refractivity (Wildman–Crippen MR) is 105 cm³/mol. The molecule has 1 amide bonds. The van der Waals surface area contributed by atoms with Crippen LogP contribution in [0, 0.1) is 0 Å². The van der Waals surface area contributed by atoms with E-state index in [2.05, 4.69) is 15.3 Å². The molecule has 2 aromatic heterocycles. The lowest BCUT2D eigenvalue weighted by atomic mass is 10.2. The normalized spacial score (nSPS) is 10.8. The number of nitrogens with zero attached hydrogens (tertiary/aromatic N) is 2. The van der Waals surface area contributed by atoms with Gasteiger partial charge < -0.3 is 14.8 Å². The number of anilines is 1. The third kappa shape index (κ3) is 3.93. The molecule has 0 aliphatic heterocycles. The molecule has 0 aliphatic rings. The van der Waals surface area contributed by atoms with E-state index >= 15 is 0 Å². The average Bonchev–Trinajstić information content (AvgIpc) is 3.22. The molecule has 7 heteroatoms. The van der Waals surface area contributed by atoms with Crippen molar-refractivity contribution in [3.8, 4) is 17.3 Å². The first kappa shape index (κ1) is 17.1. The molecule has 0 aliphatic carbocycles. The van der Waals surface area contributed by atoms with Crippen LogP contribution >= 0.6 is 11.8 Å². The summed E-state index contributed by atoms with van der Waals surface area (Å²) in [6, 6.07) is 17.6. The summed E-state index contributed by atoms with van der Waals surface area (Å²) >= 11 is 1.34. The fourth-order valence-corrected chi connectivity index (χ4v) is 3.37. The van der Waals surface area contributed by atoms with Gasteiger partial charge in [0.15, 0.2) is 11.6 Å². The van der Waals surface area contributed by atoms with Crippen molar-refractivity contribution in [2.24, 2.45) is 0 Å². The molecule has 0 atom stereocenters. The fourth-order valence-electron chi connectivity index (χ4n) is 2.55. The topological polar surface area (TPSA) is 88.2 Å². The molecule has 0 spiro atoms. The zero-order chi connectivity index (χ0) is 18.6. The molecule has 2 N–H and O–H groups in total. The number of rotatable bonds is 5. The van der Waals surface area contributed by atoms with Crippen molar-refractivity contribution in [3.05, 3.63) is 66.9 Å². The van der Waals surface area contributed by atoms with Crippen LogP contribution in [0.1, 0.15) is 0 Å². The SMILES string of the molecule is O=C(CSc1nc(-c2ccco2)nc2ccccc12)Nc1ccc(O)cc1. The number of aromatic hydroxyl groups is 1. The lowest BCUT2D eigenvalue weighted by Gasteiger charge is -2.08. The highest BCUT2D eigenvalue weighted by atomic mass is 32.2. The maximum Gasteiger partial charge on any atom is 0.234 e. The van der Waals surface area contributed by atoms with E-state index in [9.17, 15) is 9.90 Å². The van der Waals surface area contributed by atoms with Crippen LogP contribution < -0.4 is 5.32 Å². The summed E-state index contributed by atoms with van der Waals surface area (Å²) in [5, 5.41) is 13.7. The van der Waals surface area contributed by atoms with Crippen LogP contribution in [0.3, 0.4) is 0 Å². The zero-order valence-corrected chi connectivity index (χ0v) is 14.9. The van der Waals surface area contributed by atoms with Crippen molar-refractivity contribution in [3.63, 3.8) is 0 Å². The number of carbonyl (C=O) groups excluding carboxylic acids is 1. The molecular formula is C20H15N3O3S. The van der Waals surface area contributed by atoms with Crippen LogP contribution in [0.5, 0.6) is 5.75 Å². The molecule has 134 valence electrons. The molecule has 0 saturated heterocycles. The summed E-state index contributed by atoms with van der Waals surface area (Å²) in [6.07, 6.45) is 1.58. The van der Waals surface area contributed by atoms with Crippen LogP contribution in [0.4, 0.5) is 5.69 Å². The molecule has 6 nitrogen and oxygen atoms in total. The van der Waals surface area contributed by atoms with Gasteiger partial charge in [-0.1, -0.05) is 30.0 Å². The first-order chi connectivity index (χ1) is 13.2. The van der Waals surface area contributed by atoms with Crippen molar-refractivity contribution in [2.45, 2.75) is 5.03 Å². The second kappa shape index (κ2) is 7.51. The standard InChI is InChI=1S/C20H15N3O3S/c24-14-9-7-13(8-10-14)21-18(25)12-27-20-15-4-1-2-5-16(15)22-19(23-20)17-6-3-11-26-17/h1-11,24H,12H2,(H,21,25). The lowest BCUT2D eigenvalue weighted by molar-refractivity contribution is -0.113. The van der Waals surface area contributed by atoms with Crippen LogP contribution in [-0.4, -0.2) is 26.7 Å². The average molecular weight is 377 g/mol. The Hall–Kier alpha value is -3.32. The quantitative estimate of drug-likeness (QED) is 0.306. The van der Waals surface area contributed by atoms with E-state index in [-0.39, 0.29) is 17.4 Å². The second-order valence-electron chi connectivity index (χ2n) is 5.73. The molecule has 27 heavy (non-hydrogen) atoms. The molecule has 4 aromatic rings. The number of nitrogens with one attached hydrogen (secondary N) is 1. The van der Waals surface area contributed by atoms with Crippen molar-refractivity contribution < 1.29 is 14.3 Å². The van der Waals surface area contributed by atoms with Crippen LogP contribution in [0.2, 0.25) is 0 Å². The Bertz CT molecular complexity index is 1080. The Balaban J connectivity index is 1.55. The Morgan fingerprint density at radius 2 is 1.85 bits per heavy atom. The number of fused-ring (bicyclic) bond motifs is 1. The van der Waals surface area contributed by atoms with E-state index in [1.807, 2.05) is 24.3 Å². The second-order valence-corrected chi connectivity index (χ2v) is 6.69. The maximum absolute atomic E-state index is 12.3. The van der Waals surface area contributed by atoms with Gasteiger partial charge in [-0.15, -0.1) is 0 Å². The number of para-hydroxylation sites is 1. The highest BCUT2D eigenvalue weighted by Gasteiger charge is 2.13. The smallest absolute Gasteiger partial charge is 0.234 e. The summed E-state index contributed by atoms with van der Waals surface area (Å²) in [7, 11) is 0. The van der Waals surface area contributed by atoms with Gasteiger partial charge in [0.25, 0.3) is 0 Å². The number of aromatic nitrogens is 2. The number of benzene rings is 2. The fraction of sp³-hybridized carbons (Fsp3) is 0.0500. The number of phenolic OH excluding ortho intramolecular Hbond substituents is 1. The molecule has 0 saturated carbocycles. The highest BCUT2D eigenvalue weighted by Crippen LogP contribution is 2.28. The van der Waals surface area contributed by atoms with E-state index in [0.29, 0.717) is 22.3 Å². The summed E-state index contributed by atoms with van der Waals surface area (Å²) in [5.74, 6) is 1.25. The third-order valence-electron chi connectivity index (χ3n) is 3.80. The van der Waals surface area contributed by atoms with Crippen LogP contribution in [0.15, 0.2) is 76.4 Å². The molecule has 0 fully saturated rings. The number of carbonyl (C=O) groups is 1. The highest BCUT2D eigenvalue weighted by molar-refractivity contribution is 8.00. The van der Waals surface area contributed by atoms with Gasteiger partial charge in [-0.2, -0.15) is 0 Å². The van der Waals surface area contributed by atoms with Gasteiger partial charge in [0, 0.05) is 11.1 Å². The molecule has 0 unspecified atom stereocenters. The van der Waals surface area contributed by atoms with E-state index < -0.39 is 0 Å². The molecule has 0 bridgehead atoms. The van der Waals surface area contributed by atoms with Gasteiger partial charge in [-0.05, 0) is 42.5 Å². The van der Waals surface area contributed by atoms with Crippen molar-refractivity contribution in [1.29, 1.82) is 0 Å². The van der Waals surface area contributed by atoms with E-state index in [1.54, 1.807) is 30.5 Å². The first-order valence-electron chi connectivity index (χ1n) is 8.21. The van der Waals surface area contributed by atoms with Crippen LogP contribution in [0.25, 0.3) is 22.5 Å². The number of thioether (sulfide) groups is 1. The minimum Gasteiger partial charge on any atom is -0.508 e. The van der Waals surface area contributed by atoms with Crippen molar-refractivity contribution in [2.75, 3.05) is 11.1 Å². The lowest BCUT2D eigenvalue weighted by Crippen LogP contribution is -2.14. The minimum atomic E-state index is -0.159. The largest absolute Gasteiger partial charge is 0.508 e. The molecule has 4 rings (SSSR count). The van der Waals surface area contributed by atoms with Gasteiger partial charge >= 0.3 is 0 Å². The van der Waals surface area contributed by atoms with Gasteiger partial charge in [-0.25, -0.2) is 9.97 Å². The molecule has 2 aromatic carbocycles. The molecule has 0 radical (unpaired) electrons. The summed E-state index contributed by atoms with van der Waals surface area (Å²) in [4.78, 5) is 21.4. The monoisotopic (exact) mass is 377 g/mol. The number of hydrogen-bond donors (Lipinski definition) is 2. The maximum atomic E-state index is 12.3. The number of hydrogen-bond acceptors (Lipinski definition) is 6. The Kier molecular flexibility index (Phi) is 4.76. The number of amides is 1. The third-order valence-corrected chi connectivity index (χ3v) is 4.79. The zero-order valence-electron chi connectivity index (χ0n) is 14.1. The first-order valence-corrected chi connectivity index (χ1v) is 9.20. The van der Waals surface area contributed by atoms with Gasteiger partial charge in [0.05, 0.1) is 17.5 Å². The summed E-state index contributed by atoms with van der Waals surface area (Å²) in [6.45, 7) is 0. The van der Waals surface area contributed by atoms with Crippen molar-refractivity contribution in [1.82, 2.24) is 9.97 Å². The molecular weight excluding hydrogens is 362 g/mol. The Morgan fingerprint density at radius 1 is 1.04 bits per heavy atom. The summed E-state index contributed by atoms with van der Waals surface area (Å²) < 4.78 is 5.40. The van der Waals surface area contributed by atoms with Gasteiger partial charge in [-0.3, -0.25) is 4.79 Å². The Labute approximate surface area is 159 Å². The van der Waals surface area contributed by atoms with E-state index in [0.717, 1.165) is 10.9 Å². The predicted octanol–water partition coefficient (Wildman–Crippen LogP) is 4.33. The van der Waals surface area contributed by atoms with E-state index in [1.165, 1.54) is 23.9 Å². The van der Waals surface area contributed by atoms with Crippen LogP contribution in [-0.2, 0) is 4.79 Å². The number of furan rings is 1. The Morgan fingerprint density at radius 3 is 2.63 bits per heavy atom.